The third-order valence-corrected chi connectivity index (χ3v) is 2.70. The van der Waals surface area contributed by atoms with Crippen LogP contribution < -0.4 is 0 Å². The summed E-state index contributed by atoms with van der Waals surface area (Å²) in [6.45, 7) is 0.446. The van der Waals surface area contributed by atoms with Gasteiger partial charge in [0.25, 0.3) is 0 Å². The number of carbonyl (C=O) groups excluding carboxylic acids is 1. The molecule has 1 unspecified atom stereocenters. The molecule has 0 fully saturated rings. The van der Waals surface area contributed by atoms with E-state index in [0.717, 1.165) is 12.8 Å². The molecule has 3 nitrogen and oxygen atoms in total. The lowest BCUT2D eigenvalue weighted by Crippen LogP contribution is -2.01. The predicted octanol–water partition coefficient (Wildman–Crippen LogP) is 1.60. The highest BCUT2D eigenvalue weighted by molar-refractivity contribution is 7.84. The van der Waals surface area contributed by atoms with Gasteiger partial charge >= 0.3 is 0 Å². The van der Waals surface area contributed by atoms with Crippen LogP contribution >= 0.6 is 12.2 Å². The van der Waals surface area contributed by atoms with Crippen LogP contribution in [0.4, 0.5) is 0 Å². The normalized spacial score (nSPS) is 11.8. The summed E-state index contributed by atoms with van der Waals surface area (Å²) in [5.74, 6) is 0.881. The predicted molar refractivity (Wildman–Crippen MR) is 62.3 cm³/mol. The molecule has 0 aliphatic rings. The van der Waals surface area contributed by atoms with Gasteiger partial charge in [-0.15, -0.1) is 0 Å². The topological polar surface area (TPSA) is 46.5 Å². The number of rotatable bonds is 8. The van der Waals surface area contributed by atoms with Crippen molar-refractivity contribution >= 4 is 34.0 Å². The Balaban J connectivity index is 3.35. The van der Waals surface area contributed by atoms with Crippen molar-refractivity contribution < 1.29 is 9.00 Å². The number of unbranched alkanes of at least 4 members (excludes halogenated alkanes) is 1. The number of thiocarbonyl (C=S) groups is 1. The molecule has 0 aromatic carbocycles. The SMILES string of the molecule is CS(=O)CCCCC(=O)CCN=C=S. The van der Waals surface area contributed by atoms with E-state index in [2.05, 4.69) is 22.4 Å². The zero-order valence-corrected chi connectivity index (χ0v) is 9.96. The maximum absolute atomic E-state index is 11.2. The van der Waals surface area contributed by atoms with E-state index >= 15 is 0 Å². The Hall–Kier alpha value is -0.380. The van der Waals surface area contributed by atoms with Crippen LogP contribution in [0.1, 0.15) is 25.7 Å². The van der Waals surface area contributed by atoms with Crippen molar-refractivity contribution in [2.24, 2.45) is 4.99 Å². The van der Waals surface area contributed by atoms with Crippen LogP contribution in [0.3, 0.4) is 0 Å². The van der Waals surface area contributed by atoms with Crippen LogP contribution in [-0.4, -0.2) is 33.7 Å². The van der Waals surface area contributed by atoms with Crippen molar-refractivity contribution in [2.45, 2.75) is 25.7 Å². The molecule has 0 saturated carbocycles. The second-order valence-electron chi connectivity index (χ2n) is 3.00. The molecule has 0 amide bonds. The van der Waals surface area contributed by atoms with Gasteiger partial charge in [0.15, 0.2) is 0 Å². The number of carbonyl (C=O) groups is 1. The molecule has 0 rings (SSSR count). The minimum absolute atomic E-state index is 0.195. The summed E-state index contributed by atoms with van der Waals surface area (Å²) in [6.07, 6.45) is 4.35. The monoisotopic (exact) mass is 233 g/mol. The third-order valence-electron chi connectivity index (χ3n) is 1.70. The molecule has 0 aliphatic carbocycles. The van der Waals surface area contributed by atoms with Gasteiger partial charge in [-0.05, 0) is 25.1 Å². The molecule has 0 bridgehead atoms. The molecular weight excluding hydrogens is 218 g/mol. The van der Waals surface area contributed by atoms with Crippen molar-refractivity contribution in [3.05, 3.63) is 0 Å². The average Bonchev–Trinajstić information content (AvgIpc) is 2.13. The molecule has 0 aromatic heterocycles. The summed E-state index contributed by atoms with van der Waals surface area (Å²) < 4.78 is 10.7. The molecular formula is C9H15NO2S2. The first-order valence-corrected chi connectivity index (χ1v) is 6.65. The molecule has 1 atom stereocenters. The minimum atomic E-state index is -0.741. The number of hydrogen-bond acceptors (Lipinski definition) is 4. The number of aliphatic imine (C=N–C) groups is 1. The molecule has 0 aliphatic heterocycles. The van der Waals surface area contributed by atoms with Crippen LogP contribution in [0, 0.1) is 0 Å². The molecule has 0 spiro atoms. The fraction of sp³-hybridized carbons (Fsp3) is 0.778. The Morgan fingerprint density at radius 2 is 2.14 bits per heavy atom. The maximum Gasteiger partial charge on any atom is 0.134 e. The van der Waals surface area contributed by atoms with Crippen molar-refractivity contribution in [3.63, 3.8) is 0 Å². The first-order valence-electron chi connectivity index (χ1n) is 4.52. The molecule has 0 saturated heterocycles. The van der Waals surface area contributed by atoms with Gasteiger partial charge in [0.1, 0.15) is 5.78 Å². The van der Waals surface area contributed by atoms with Crippen molar-refractivity contribution in [1.82, 2.24) is 0 Å². The Morgan fingerprint density at radius 1 is 1.43 bits per heavy atom. The van der Waals surface area contributed by atoms with E-state index in [4.69, 9.17) is 0 Å². The number of Topliss-reactive ketones (excluding diaryl/α,β-unsaturated/α-hetero) is 1. The highest BCUT2D eigenvalue weighted by Crippen LogP contribution is 2.00. The summed E-state index contributed by atoms with van der Waals surface area (Å²) in [5, 5.41) is 2.22. The summed E-state index contributed by atoms with van der Waals surface area (Å²) in [4.78, 5) is 14.8. The van der Waals surface area contributed by atoms with Gasteiger partial charge in [-0.2, -0.15) is 0 Å². The second-order valence-corrected chi connectivity index (χ2v) is 4.73. The van der Waals surface area contributed by atoms with E-state index in [-0.39, 0.29) is 5.78 Å². The Bertz CT molecular complexity index is 247. The highest BCUT2D eigenvalue weighted by atomic mass is 32.2. The Morgan fingerprint density at radius 3 is 2.71 bits per heavy atom. The fourth-order valence-corrected chi connectivity index (χ4v) is 1.68. The van der Waals surface area contributed by atoms with E-state index in [1.54, 1.807) is 6.26 Å². The number of ketones is 1. The summed E-state index contributed by atoms with van der Waals surface area (Å²) in [7, 11) is -0.741. The quantitative estimate of drug-likeness (QED) is 0.363. The smallest absolute Gasteiger partial charge is 0.134 e. The molecule has 0 aromatic rings. The van der Waals surface area contributed by atoms with Crippen molar-refractivity contribution in [3.8, 4) is 0 Å². The van der Waals surface area contributed by atoms with Crippen molar-refractivity contribution in [1.29, 1.82) is 0 Å². The molecule has 0 radical (unpaired) electrons. The van der Waals surface area contributed by atoms with Crippen LogP contribution in [0.15, 0.2) is 4.99 Å². The third kappa shape index (κ3) is 9.71. The molecule has 80 valence electrons. The van der Waals surface area contributed by atoms with Gasteiger partial charge in [0, 0.05) is 35.6 Å². The van der Waals surface area contributed by atoms with Gasteiger partial charge in [-0.1, -0.05) is 0 Å². The Labute approximate surface area is 92.4 Å². The summed E-state index contributed by atoms with van der Waals surface area (Å²) in [6, 6.07) is 0. The lowest BCUT2D eigenvalue weighted by molar-refractivity contribution is -0.118. The van der Waals surface area contributed by atoms with Crippen LogP contribution in [0.25, 0.3) is 0 Å². The summed E-state index contributed by atoms with van der Waals surface area (Å²) in [5.41, 5.74) is 0. The van der Waals surface area contributed by atoms with Gasteiger partial charge in [-0.3, -0.25) is 9.00 Å². The molecule has 5 heteroatoms. The lowest BCUT2D eigenvalue weighted by atomic mass is 10.1. The van der Waals surface area contributed by atoms with E-state index in [0.29, 0.717) is 25.1 Å². The van der Waals surface area contributed by atoms with E-state index in [9.17, 15) is 9.00 Å². The van der Waals surface area contributed by atoms with E-state index in [1.807, 2.05) is 0 Å². The van der Waals surface area contributed by atoms with Gasteiger partial charge in [-0.25, -0.2) is 4.99 Å². The fourth-order valence-electron chi connectivity index (χ4n) is 0.979. The Kier molecular flexibility index (Phi) is 8.94. The minimum Gasteiger partial charge on any atom is -0.300 e. The molecule has 14 heavy (non-hydrogen) atoms. The first-order chi connectivity index (χ1) is 6.66. The van der Waals surface area contributed by atoms with Gasteiger partial charge in [0.05, 0.1) is 11.7 Å². The average molecular weight is 233 g/mol. The van der Waals surface area contributed by atoms with E-state index < -0.39 is 10.8 Å². The van der Waals surface area contributed by atoms with Crippen LogP contribution in [-0.2, 0) is 15.6 Å². The largest absolute Gasteiger partial charge is 0.300 e. The van der Waals surface area contributed by atoms with Gasteiger partial charge < -0.3 is 0 Å². The first kappa shape index (κ1) is 13.6. The maximum atomic E-state index is 11.2. The lowest BCUT2D eigenvalue weighted by Gasteiger charge is -1.97. The van der Waals surface area contributed by atoms with E-state index in [1.165, 1.54) is 0 Å². The molecule has 0 heterocycles. The number of isothiocyanates is 1. The zero-order valence-electron chi connectivity index (χ0n) is 8.32. The zero-order chi connectivity index (χ0) is 10.8. The van der Waals surface area contributed by atoms with Gasteiger partial charge in [0.2, 0.25) is 0 Å². The van der Waals surface area contributed by atoms with Crippen LogP contribution in [0.2, 0.25) is 0 Å². The number of nitrogens with zero attached hydrogens (tertiary/aromatic N) is 1. The van der Waals surface area contributed by atoms with Crippen molar-refractivity contribution in [2.75, 3.05) is 18.6 Å². The standard InChI is InChI=1S/C9H15NO2S2/c1-14(12)7-3-2-4-9(11)5-6-10-8-13/h2-7H2,1H3. The number of hydrogen-bond donors (Lipinski definition) is 0. The second kappa shape index (κ2) is 9.19. The highest BCUT2D eigenvalue weighted by Gasteiger charge is 2.01. The summed E-state index contributed by atoms with van der Waals surface area (Å²) >= 11 is 4.38. The molecule has 0 N–H and O–H groups in total. The van der Waals surface area contributed by atoms with Crippen LogP contribution in [0.5, 0.6) is 0 Å².